The van der Waals surface area contributed by atoms with Crippen molar-refractivity contribution in [3.05, 3.63) is 29.8 Å². The summed E-state index contributed by atoms with van der Waals surface area (Å²) >= 11 is 0. The molecule has 3 nitrogen and oxygen atoms in total. The molecule has 0 bridgehead atoms. The number of rotatable bonds is 3. The highest BCUT2D eigenvalue weighted by Crippen LogP contribution is 2.17. The summed E-state index contributed by atoms with van der Waals surface area (Å²) < 4.78 is 25.0. The van der Waals surface area contributed by atoms with Crippen LogP contribution < -0.4 is 5.19 Å². The molecule has 0 radical (unpaired) electrons. The van der Waals surface area contributed by atoms with Gasteiger partial charge in [0.2, 0.25) is 10.0 Å². The van der Waals surface area contributed by atoms with Crippen LogP contribution in [0, 0.1) is 0 Å². The lowest BCUT2D eigenvalue weighted by molar-refractivity contribution is 0.440. The number of benzene rings is 1. The van der Waals surface area contributed by atoms with E-state index in [-0.39, 0.29) is 0 Å². The number of hydrogen-bond donors (Lipinski definition) is 0. The Labute approximate surface area is 111 Å². The summed E-state index contributed by atoms with van der Waals surface area (Å²) in [6, 6.07) is 8.46. The van der Waals surface area contributed by atoms with E-state index in [1.165, 1.54) is 5.19 Å². The Bertz CT molecular complexity index is 517. The number of hydrogen-bond acceptors (Lipinski definition) is 2. The fourth-order valence-electron chi connectivity index (χ4n) is 2.18. The second-order valence-electron chi connectivity index (χ2n) is 5.95. The second kappa shape index (κ2) is 4.79. The van der Waals surface area contributed by atoms with Crippen LogP contribution in [0.2, 0.25) is 19.6 Å². The molecule has 1 saturated heterocycles. The maximum atomic E-state index is 11.7. The first-order chi connectivity index (χ1) is 8.29. The average molecular weight is 283 g/mol. The monoisotopic (exact) mass is 283 g/mol. The number of sulfonamides is 1. The molecule has 1 fully saturated rings. The van der Waals surface area contributed by atoms with E-state index in [2.05, 4.69) is 43.9 Å². The van der Waals surface area contributed by atoms with Gasteiger partial charge in [-0.15, -0.1) is 0 Å². The van der Waals surface area contributed by atoms with E-state index in [4.69, 9.17) is 0 Å². The molecule has 1 heterocycles. The molecule has 2 rings (SSSR count). The van der Waals surface area contributed by atoms with Gasteiger partial charge >= 0.3 is 0 Å². The third kappa shape index (κ3) is 3.02. The molecule has 18 heavy (non-hydrogen) atoms. The van der Waals surface area contributed by atoms with Gasteiger partial charge in [0.15, 0.2) is 0 Å². The molecule has 1 aromatic rings. The maximum absolute atomic E-state index is 11.7. The predicted molar refractivity (Wildman–Crippen MR) is 78.2 cm³/mol. The Kier molecular flexibility index (Phi) is 3.67. The van der Waals surface area contributed by atoms with Crippen LogP contribution in [0.3, 0.4) is 0 Å². The van der Waals surface area contributed by atoms with Crippen molar-refractivity contribution in [1.29, 1.82) is 0 Å². The first-order valence-electron chi connectivity index (χ1n) is 6.36. The molecule has 0 N–H and O–H groups in total. The van der Waals surface area contributed by atoms with Gasteiger partial charge in [0.25, 0.3) is 0 Å². The lowest BCUT2D eigenvalue weighted by Crippen LogP contribution is -2.37. The Balaban J connectivity index is 2.12. The Morgan fingerprint density at radius 3 is 2.22 bits per heavy atom. The quantitative estimate of drug-likeness (QED) is 0.793. The molecule has 0 atom stereocenters. The van der Waals surface area contributed by atoms with E-state index in [1.54, 1.807) is 4.31 Å². The first-order valence-corrected chi connectivity index (χ1v) is 11.5. The fourth-order valence-corrected chi connectivity index (χ4v) is 4.85. The van der Waals surface area contributed by atoms with Crippen LogP contribution in [0.4, 0.5) is 0 Å². The highest BCUT2D eigenvalue weighted by molar-refractivity contribution is 7.89. The van der Waals surface area contributed by atoms with Crippen LogP contribution in [-0.4, -0.2) is 33.1 Å². The van der Waals surface area contributed by atoms with Gasteiger partial charge in [0, 0.05) is 13.1 Å². The second-order valence-corrected chi connectivity index (χ2v) is 13.1. The van der Waals surface area contributed by atoms with Gasteiger partial charge in [-0.25, -0.2) is 8.42 Å². The van der Waals surface area contributed by atoms with Gasteiger partial charge in [-0.3, -0.25) is 0 Å². The molecule has 0 aromatic heterocycles. The normalized spacial score (nSPS) is 20.2. The van der Waals surface area contributed by atoms with Gasteiger partial charge < -0.3 is 0 Å². The highest BCUT2D eigenvalue weighted by atomic mass is 32.2. The lowest BCUT2D eigenvalue weighted by Gasteiger charge is -2.18. The SMILES string of the molecule is C[Si](C)(C)c1ccc(CN2CCCS2(=O)=O)cc1. The molecular weight excluding hydrogens is 262 g/mol. The van der Waals surface area contributed by atoms with Crippen LogP contribution in [-0.2, 0) is 16.6 Å². The molecule has 0 amide bonds. The summed E-state index contributed by atoms with van der Waals surface area (Å²) in [5.41, 5.74) is 1.09. The standard InChI is InChI=1S/C13H21NO2SSi/c1-18(2,3)13-7-5-12(6-8-13)11-14-9-4-10-17(14,15)16/h5-8H,4,9-11H2,1-3H3. The lowest BCUT2D eigenvalue weighted by atomic mass is 10.2. The van der Waals surface area contributed by atoms with Crippen LogP contribution in [0.15, 0.2) is 24.3 Å². The van der Waals surface area contributed by atoms with E-state index >= 15 is 0 Å². The van der Waals surface area contributed by atoms with Crippen LogP contribution in [0.1, 0.15) is 12.0 Å². The Morgan fingerprint density at radius 2 is 1.78 bits per heavy atom. The highest BCUT2D eigenvalue weighted by Gasteiger charge is 2.28. The number of nitrogens with zero attached hydrogens (tertiary/aromatic N) is 1. The molecule has 100 valence electrons. The van der Waals surface area contributed by atoms with E-state index in [0.29, 0.717) is 18.8 Å². The summed E-state index contributed by atoms with van der Waals surface area (Å²) in [6.07, 6.45) is 0.759. The third-order valence-corrected chi connectivity index (χ3v) is 7.35. The molecular formula is C13H21NO2SSi. The van der Waals surface area contributed by atoms with Gasteiger partial charge in [-0.1, -0.05) is 49.1 Å². The van der Waals surface area contributed by atoms with Gasteiger partial charge in [0.1, 0.15) is 0 Å². The molecule has 5 heteroatoms. The zero-order valence-electron chi connectivity index (χ0n) is 11.3. The topological polar surface area (TPSA) is 37.4 Å². The summed E-state index contributed by atoms with van der Waals surface area (Å²) in [5, 5.41) is 1.41. The van der Waals surface area contributed by atoms with Crippen molar-refractivity contribution in [2.24, 2.45) is 0 Å². The predicted octanol–water partition coefficient (Wildman–Crippen LogP) is 1.77. The average Bonchev–Trinajstić information content (AvgIpc) is 2.58. The smallest absolute Gasteiger partial charge is 0.212 e. The minimum absolute atomic E-state index is 0.306. The van der Waals surface area contributed by atoms with Gasteiger partial charge in [-0.2, -0.15) is 4.31 Å². The molecule has 0 spiro atoms. The van der Waals surface area contributed by atoms with Crippen LogP contribution >= 0.6 is 0 Å². The summed E-state index contributed by atoms with van der Waals surface area (Å²) in [6.45, 7) is 8.12. The summed E-state index contributed by atoms with van der Waals surface area (Å²) in [7, 11) is -4.24. The first kappa shape index (κ1) is 13.8. The zero-order chi connectivity index (χ0) is 13.4. The van der Waals surface area contributed by atoms with Crippen molar-refractivity contribution < 1.29 is 8.42 Å². The van der Waals surface area contributed by atoms with Crippen molar-refractivity contribution in [3.63, 3.8) is 0 Å². The maximum Gasteiger partial charge on any atom is 0.214 e. The fraction of sp³-hybridized carbons (Fsp3) is 0.538. The van der Waals surface area contributed by atoms with Crippen LogP contribution in [0.25, 0.3) is 0 Å². The van der Waals surface area contributed by atoms with Crippen molar-refractivity contribution >= 4 is 23.3 Å². The van der Waals surface area contributed by atoms with Crippen molar-refractivity contribution in [3.8, 4) is 0 Å². The van der Waals surface area contributed by atoms with Crippen molar-refractivity contribution in [2.75, 3.05) is 12.3 Å². The van der Waals surface area contributed by atoms with E-state index < -0.39 is 18.1 Å². The van der Waals surface area contributed by atoms with Gasteiger partial charge in [0.05, 0.1) is 13.8 Å². The Hall–Kier alpha value is -0.653. The zero-order valence-corrected chi connectivity index (χ0v) is 13.1. The molecule has 1 aliphatic rings. The molecule has 1 aromatic carbocycles. The van der Waals surface area contributed by atoms with E-state index in [0.717, 1.165) is 12.0 Å². The molecule has 0 aliphatic carbocycles. The van der Waals surface area contributed by atoms with E-state index in [9.17, 15) is 8.42 Å². The van der Waals surface area contributed by atoms with E-state index in [1.807, 2.05) is 0 Å². The minimum atomic E-state index is -2.98. The molecule has 0 saturated carbocycles. The molecule has 0 unspecified atom stereocenters. The third-order valence-electron chi connectivity index (χ3n) is 3.38. The van der Waals surface area contributed by atoms with Crippen molar-refractivity contribution in [2.45, 2.75) is 32.6 Å². The minimum Gasteiger partial charge on any atom is -0.212 e. The van der Waals surface area contributed by atoms with Gasteiger partial charge in [-0.05, 0) is 12.0 Å². The van der Waals surface area contributed by atoms with Crippen molar-refractivity contribution in [1.82, 2.24) is 4.31 Å². The largest absolute Gasteiger partial charge is 0.214 e. The Morgan fingerprint density at radius 1 is 1.17 bits per heavy atom. The summed E-state index contributed by atoms with van der Waals surface area (Å²) in [4.78, 5) is 0. The summed E-state index contributed by atoms with van der Waals surface area (Å²) in [5.74, 6) is 0.306. The molecule has 1 aliphatic heterocycles. The van der Waals surface area contributed by atoms with Crippen LogP contribution in [0.5, 0.6) is 0 Å².